The second kappa shape index (κ2) is 10.9. The zero-order valence-corrected chi connectivity index (χ0v) is 17.0. The third kappa shape index (κ3) is 6.36. The summed E-state index contributed by atoms with van der Waals surface area (Å²) in [5, 5.41) is 0. The Bertz CT molecular complexity index is 548. The number of allylic oxidation sites excluding steroid dienone is 1. The number of ether oxygens (including phenoxy) is 1. The molecule has 0 radical (unpaired) electrons. The predicted molar refractivity (Wildman–Crippen MR) is 112 cm³/mol. The van der Waals surface area contributed by atoms with Gasteiger partial charge in [0, 0.05) is 0 Å². The molecule has 1 aromatic rings. The monoisotopic (exact) mass is 372 g/mol. The molecule has 1 aromatic carbocycles. The molecule has 3 rings (SSSR count). The van der Waals surface area contributed by atoms with Crippen LogP contribution in [-0.2, 0) is 0 Å². The van der Waals surface area contributed by atoms with Crippen molar-refractivity contribution in [1.29, 1.82) is 0 Å². The Morgan fingerprint density at radius 3 is 1.96 bits per heavy atom. The average molecular weight is 373 g/mol. The summed E-state index contributed by atoms with van der Waals surface area (Å²) in [6.45, 7) is 2.77. The summed E-state index contributed by atoms with van der Waals surface area (Å²) in [6, 6.07) is 8.80. The maximum Gasteiger partial charge on any atom is 0.119 e. The van der Waals surface area contributed by atoms with Gasteiger partial charge >= 0.3 is 0 Å². The van der Waals surface area contributed by atoms with Crippen molar-refractivity contribution in [3.05, 3.63) is 42.2 Å². The number of benzene rings is 1. The van der Waals surface area contributed by atoms with Gasteiger partial charge in [0.2, 0.25) is 0 Å². The van der Waals surface area contributed by atoms with Gasteiger partial charge in [0.1, 0.15) is 5.75 Å². The molecule has 2 heteroatoms. The van der Waals surface area contributed by atoms with E-state index in [-0.39, 0.29) is 0 Å². The SMILES string of the molecule is CCOc1ccc(C2CCC(CCC3CCC(C/C=C/F)CC3)CC2)cc1. The number of rotatable bonds is 8. The molecule has 2 aliphatic carbocycles. The molecular weight excluding hydrogens is 335 g/mol. The lowest BCUT2D eigenvalue weighted by atomic mass is 9.74. The Morgan fingerprint density at radius 2 is 1.41 bits per heavy atom. The van der Waals surface area contributed by atoms with Crippen LogP contribution in [0.3, 0.4) is 0 Å². The Balaban J connectivity index is 1.34. The predicted octanol–water partition coefficient (Wildman–Crippen LogP) is 7.82. The molecular formula is C25H37FO. The standard InChI is InChI=1S/C25H37FO/c1-2-27-25-17-15-24(16-18-25)23-13-11-22(12-14-23)10-9-21-7-5-20(6-8-21)4-3-19-26/h3,15-23H,2,4-14H2,1H3/b19-3+. The third-order valence-electron chi connectivity index (χ3n) is 7.02. The van der Waals surface area contributed by atoms with Crippen LogP contribution >= 0.6 is 0 Å². The van der Waals surface area contributed by atoms with Crippen LogP contribution in [0.25, 0.3) is 0 Å². The molecule has 0 heterocycles. The van der Waals surface area contributed by atoms with E-state index < -0.39 is 0 Å². The van der Waals surface area contributed by atoms with Crippen molar-refractivity contribution in [2.75, 3.05) is 6.61 Å². The highest BCUT2D eigenvalue weighted by Gasteiger charge is 2.25. The molecule has 0 saturated heterocycles. The summed E-state index contributed by atoms with van der Waals surface area (Å²) < 4.78 is 17.7. The van der Waals surface area contributed by atoms with E-state index in [1.807, 2.05) is 6.92 Å². The van der Waals surface area contributed by atoms with Gasteiger partial charge in [-0.25, -0.2) is 4.39 Å². The average Bonchev–Trinajstić information content (AvgIpc) is 2.73. The lowest BCUT2D eigenvalue weighted by Gasteiger charge is -2.32. The Hall–Kier alpha value is -1.31. The highest BCUT2D eigenvalue weighted by atomic mass is 19.1. The van der Waals surface area contributed by atoms with E-state index >= 15 is 0 Å². The molecule has 0 N–H and O–H groups in total. The molecule has 0 atom stereocenters. The number of hydrogen-bond acceptors (Lipinski definition) is 1. The molecule has 27 heavy (non-hydrogen) atoms. The molecule has 0 aliphatic heterocycles. The number of halogens is 1. The lowest BCUT2D eigenvalue weighted by molar-refractivity contribution is 0.231. The van der Waals surface area contributed by atoms with Crippen LogP contribution in [-0.4, -0.2) is 6.61 Å². The molecule has 150 valence electrons. The van der Waals surface area contributed by atoms with E-state index in [9.17, 15) is 4.39 Å². The summed E-state index contributed by atoms with van der Waals surface area (Å²) in [6.07, 6.45) is 17.0. The van der Waals surface area contributed by atoms with Crippen molar-refractivity contribution in [2.45, 2.75) is 83.5 Å². The second-order valence-corrected chi connectivity index (χ2v) is 8.78. The number of hydrogen-bond donors (Lipinski definition) is 0. The fourth-order valence-electron chi connectivity index (χ4n) is 5.26. The van der Waals surface area contributed by atoms with Crippen LogP contribution in [0.4, 0.5) is 4.39 Å². The van der Waals surface area contributed by atoms with Crippen molar-refractivity contribution < 1.29 is 9.13 Å². The molecule has 0 spiro atoms. The summed E-state index contributed by atoms with van der Waals surface area (Å²) in [5.74, 6) is 4.34. The second-order valence-electron chi connectivity index (χ2n) is 8.78. The van der Waals surface area contributed by atoms with Crippen molar-refractivity contribution >= 4 is 0 Å². The summed E-state index contributed by atoms with van der Waals surface area (Å²) in [5.41, 5.74) is 1.50. The quantitative estimate of drug-likeness (QED) is 0.452. The van der Waals surface area contributed by atoms with Gasteiger partial charge in [0.25, 0.3) is 0 Å². The molecule has 0 amide bonds. The zero-order chi connectivity index (χ0) is 18.9. The van der Waals surface area contributed by atoms with Crippen LogP contribution in [0.2, 0.25) is 0 Å². The first kappa shape index (κ1) is 20.4. The van der Waals surface area contributed by atoms with Crippen LogP contribution in [0.15, 0.2) is 36.7 Å². The molecule has 2 fully saturated rings. The Morgan fingerprint density at radius 1 is 0.852 bits per heavy atom. The zero-order valence-electron chi connectivity index (χ0n) is 17.0. The molecule has 2 saturated carbocycles. The minimum atomic E-state index is 0.718. The maximum absolute atomic E-state index is 12.2. The highest BCUT2D eigenvalue weighted by Crippen LogP contribution is 2.40. The van der Waals surface area contributed by atoms with Gasteiger partial charge in [-0.1, -0.05) is 43.9 Å². The molecule has 2 aliphatic rings. The molecule has 0 aromatic heterocycles. The molecule has 0 bridgehead atoms. The van der Waals surface area contributed by atoms with Gasteiger partial charge in [-0.3, -0.25) is 0 Å². The summed E-state index contributed by atoms with van der Waals surface area (Å²) in [4.78, 5) is 0. The minimum Gasteiger partial charge on any atom is -0.494 e. The smallest absolute Gasteiger partial charge is 0.119 e. The van der Waals surface area contributed by atoms with Gasteiger partial charge in [-0.05, 0) is 93.2 Å². The Labute approximate surface area is 165 Å². The fraction of sp³-hybridized carbons (Fsp3) is 0.680. The third-order valence-corrected chi connectivity index (χ3v) is 7.02. The van der Waals surface area contributed by atoms with Gasteiger partial charge in [-0.2, -0.15) is 0 Å². The van der Waals surface area contributed by atoms with E-state index in [1.54, 1.807) is 6.08 Å². The molecule has 1 nitrogen and oxygen atoms in total. The van der Waals surface area contributed by atoms with Crippen molar-refractivity contribution in [2.24, 2.45) is 17.8 Å². The first-order valence-corrected chi connectivity index (χ1v) is 11.3. The maximum atomic E-state index is 12.2. The van der Waals surface area contributed by atoms with Crippen LogP contribution in [0.1, 0.15) is 89.0 Å². The van der Waals surface area contributed by atoms with Crippen molar-refractivity contribution in [3.8, 4) is 5.75 Å². The molecule has 0 unspecified atom stereocenters. The van der Waals surface area contributed by atoms with E-state index in [0.717, 1.165) is 48.8 Å². The first-order chi connectivity index (χ1) is 13.3. The van der Waals surface area contributed by atoms with Crippen LogP contribution in [0, 0.1) is 17.8 Å². The fourth-order valence-corrected chi connectivity index (χ4v) is 5.26. The first-order valence-electron chi connectivity index (χ1n) is 11.3. The minimum absolute atomic E-state index is 0.718. The largest absolute Gasteiger partial charge is 0.494 e. The Kier molecular flexibility index (Phi) is 8.23. The van der Waals surface area contributed by atoms with E-state index in [4.69, 9.17) is 4.74 Å². The van der Waals surface area contributed by atoms with E-state index in [2.05, 4.69) is 24.3 Å². The highest BCUT2D eigenvalue weighted by molar-refractivity contribution is 5.29. The normalized spacial score (nSPS) is 29.1. The van der Waals surface area contributed by atoms with Crippen molar-refractivity contribution in [3.63, 3.8) is 0 Å². The van der Waals surface area contributed by atoms with Gasteiger partial charge in [0.15, 0.2) is 0 Å². The van der Waals surface area contributed by atoms with Crippen LogP contribution in [0.5, 0.6) is 5.75 Å². The lowest BCUT2D eigenvalue weighted by Crippen LogP contribution is -2.17. The van der Waals surface area contributed by atoms with Crippen molar-refractivity contribution in [1.82, 2.24) is 0 Å². The topological polar surface area (TPSA) is 9.23 Å². The summed E-state index contributed by atoms with van der Waals surface area (Å²) in [7, 11) is 0. The van der Waals surface area contributed by atoms with E-state index in [0.29, 0.717) is 0 Å². The summed E-state index contributed by atoms with van der Waals surface area (Å²) >= 11 is 0. The van der Waals surface area contributed by atoms with Crippen LogP contribution < -0.4 is 4.74 Å². The van der Waals surface area contributed by atoms with Gasteiger partial charge in [0.05, 0.1) is 12.9 Å². The van der Waals surface area contributed by atoms with Gasteiger partial charge < -0.3 is 4.74 Å². The van der Waals surface area contributed by atoms with Gasteiger partial charge in [-0.15, -0.1) is 0 Å². The van der Waals surface area contributed by atoms with E-state index in [1.165, 1.54) is 69.8 Å².